The number of carbonyl (C=O) groups excluding carboxylic acids is 1. The summed E-state index contributed by atoms with van der Waals surface area (Å²) in [4.78, 5) is 32.4. The normalized spacial score (nSPS) is 14.6. The fraction of sp³-hybridized carbons (Fsp3) is 0.250. The highest BCUT2D eigenvalue weighted by Gasteiger charge is 2.30. The van der Waals surface area contributed by atoms with Crippen LogP contribution in [0.5, 0.6) is 5.75 Å². The number of H-pyrrole nitrogens is 1. The number of carbonyl (C=O) groups is 1. The number of ether oxygens (including phenoxy) is 1. The van der Waals surface area contributed by atoms with Crippen LogP contribution in [-0.2, 0) is 11.2 Å². The van der Waals surface area contributed by atoms with Gasteiger partial charge in [-0.2, -0.15) is 0 Å². The second kappa shape index (κ2) is 11.4. The van der Waals surface area contributed by atoms with E-state index < -0.39 is 14.4 Å². The molecule has 0 radical (unpaired) electrons. The van der Waals surface area contributed by atoms with Crippen molar-refractivity contribution in [3.63, 3.8) is 0 Å². The van der Waals surface area contributed by atoms with Crippen LogP contribution >= 0.6 is 11.6 Å². The zero-order chi connectivity index (χ0) is 30.3. The fourth-order valence-electron chi connectivity index (χ4n) is 5.60. The van der Waals surface area contributed by atoms with Crippen LogP contribution in [0.4, 0.5) is 0 Å². The first-order chi connectivity index (χ1) is 20.6. The Morgan fingerprint density at radius 1 is 1.12 bits per heavy atom. The lowest BCUT2D eigenvalue weighted by molar-refractivity contribution is -0.121. The molecule has 0 unspecified atom stereocenters. The number of nitrogens with zero attached hydrogens (tertiary/aromatic N) is 4. The lowest BCUT2D eigenvalue weighted by Gasteiger charge is -2.14. The van der Waals surface area contributed by atoms with Gasteiger partial charge < -0.3 is 19.8 Å². The molecule has 43 heavy (non-hydrogen) atoms. The number of aliphatic imine (C=N–C) groups is 1. The number of halogens is 1. The van der Waals surface area contributed by atoms with Crippen molar-refractivity contribution in [3.05, 3.63) is 100 Å². The highest BCUT2D eigenvalue weighted by atomic mass is 35.5. The van der Waals surface area contributed by atoms with Gasteiger partial charge in [-0.3, -0.25) is 14.4 Å². The molecule has 9 nitrogen and oxygen atoms in total. The second-order valence-electron chi connectivity index (χ2n) is 11.3. The van der Waals surface area contributed by atoms with E-state index in [1.54, 1.807) is 7.11 Å². The van der Waals surface area contributed by atoms with Crippen LogP contribution in [-0.4, -0.2) is 58.1 Å². The summed E-state index contributed by atoms with van der Waals surface area (Å²) in [5.41, 5.74) is 5.39. The number of methoxy groups -OCH3 is 1. The predicted octanol–water partition coefficient (Wildman–Crippen LogP) is 4.76. The van der Waals surface area contributed by atoms with Crippen LogP contribution in [0.15, 0.2) is 71.9 Å². The largest absolute Gasteiger partial charge is 0.497 e. The van der Waals surface area contributed by atoms with Crippen molar-refractivity contribution in [2.75, 3.05) is 13.7 Å². The monoisotopic (exact) mass is 612 g/mol. The molecule has 1 amide bonds. The average molecular weight is 613 g/mol. The summed E-state index contributed by atoms with van der Waals surface area (Å²) in [6, 6.07) is 18.9. The van der Waals surface area contributed by atoms with Crippen LogP contribution in [0.25, 0.3) is 16.6 Å². The molecule has 0 saturated carbocycles. The number of aryl methyl sites for hydroxylation is 1. The average Bonchev–Trinajstić information content (AvgIpc) is 3.55. The van der Waals surface area contributed by atoms with Crippen LogP contribution in [0.3, 0.4) is 0 Å². The van der Waals surface area contributed by atoms with Crippen molar-refractivity contribution >= 4 is 47.6 Å². The molecule has 1 aliphatic heterocycles. The number of fused-ring (bicyclic) bond motifs is 4. The Bertz CT molecular complexity index is 1860. The van der Waals surface area contributed by atoms with E-state index in [2.05, 4.69) is 26.6 Å². The molecule has 3 heterocycles. The first kappa shape index (κ1) is 28.8. The summed E-state index contributed by atoms with van der Waals surface area (Å²) >= 11 is 6.20. The van der Waals surface area contributed by atoms with Crippen molar-refractivity contribution in [3.8, 4) is 11.4 Å². The standard InChI is InChI=1S/C32H33ClN6O3Si/c1-19-37-38-32-27(17-30(40)34-14-13-20-5-11-26-24(15-20)29(18-35-26)43(3,4)41)36-31(21-6-8-22(33)9-7-21)25-16-23(42-2)10-12-28(25)39(19)32/h5-12,15-16,18,27,35,41H,13-14,17H2,1-4H3,(H,34,40)/t27-/m0/s1. The highest BCUT2D eigenvalue weighted by Crippen LogP contribution is 2.34. The summed E-state index contributed by atoms with van der Waals surface area (Å²) in [6.07, 6.45) is 2.67. The van der Waals surface area contributed by atoms with Crippen molar-refractivity contribution in [2.45, 2.75) is 38.9 Å². The number of nitrogens with one attached hydrogen (secondary N) is 2. The van der Waals surface area contributed by atoms with E-state index in [4.69, 9.17) is 21.3 Å². The molecule has 1 aliphatic rings. The number of benzene rings is 3. The molecule has 3 N–H and O–H groups in total. The van der Waals surface area contributed by atoms with E-state index in [0.29, 0.717) is 35.4 Å². The van der Waals surface area contributed by atoms with E-state index in [9.17, 15) is 9.59 Å². The molecule has 0 aliphatic carbocycles. The highest BCUT2D eigenvalue weighted by molar-refractivity contribution is 6.85. The Labute approximate surface area is 255 Å². The number of amides is 1. The van der Waals surface area contributed by atoms with Crippen LogP contribution < -0.4 is 15.2 Å². The van der Waals surface area contributed by atoms with Crippen molar-refractivity contribution < 1.29 is 14.3 Å². The van der Waals surface area contributed by atoms with Gasteiger partial charge in [-0.1, -0.05) is 29.8 Å². The summed E-state index contributed by atoms with van der Waals surface area (Å²) in [5, 5.41) is 14.5. The molecule has 1 atom stereocenters. The Morgan fingerprint density at radius 2 is 1.91 bits per heavy atom. The zero-order valence-corrected chi connectivity index (χ0v) is 26.2. The maximum Gasteiger partial charge on any atom is 0.222 e. The number of aromatic nitrogens is 4. The van der Waals surface area contributed by atoms with E-state index in [1.807, 2.05) is 85.4 Å². The Morgan fingerprint density at radius 3 is 2.65 bits per heavy atom. The first-order valence-electron chi connectivity index (χ1n) is 14.2. The number of rotatable bonds is 8. The third kappa shape index (κ3) is 5.73. The van der Waals surface area contributed by atoms with Gasteiger partial charge in [0, 0.05) is 39.8 Å². The summed E-state index contributed by atoms with van der Waals surface area (Å²) in [5.74, 6) is 1.86. The molecule has 0 spiro atoms. The van der Waals surface area contributed by atoms with Gasteiger partial charge in [-0.15, -0.1) is 10.2 Å². The van der Waals surface area contributed by atoms with E-state index in [0.717, 1.165) is 44.2 Å². The molecule has 2 aromatic heterocycles. The smallest absolute Gasteiger partial charge is 0.222 e. The van der Waals surface area contributed by atoms with Crippen molar-refractivity contribution in [2.24, 2.45) is 4.99 Å². The molecular weight excluding hydrogens is 580 g/mol. The fourth-order valence-corrected chi connectivity index (χ4v) is 7.02. The third-order valence-corrected chi connectivity index (χ3v) is 9.75. The minimum atomic E-state index is -2.48. The molecule has 5 aromatic rings. The van der Waals surface area contributed by atoms with E-state index >= 15 is 0 Å². The minimum Gasteiger partial charge on any atom is -0.497 e. The van der Waals surface area contributed by atoms with Crippen LogP contribution in [0.1, 0.15) is 40.8 Å². The minimum absolute atomic E-state index is 0.103. The molecule has 6 rings (SSSR count). The van der Waals surface area contributed by atoms with Gasteiger partial charge in [0.25, 0.3) is 0 Å². The predicted molar refractivity (Wildman–Crippen MR) is 171 cm³/mol. The Kier molecular flexibility index (Phi) is 7.68. The number of aromatic amines is 1. The SMILES string of the molecule is COc1ccc2c(c1)C(c1ccc(Cl)cc1)=N[C@@H](CC(=O)NCCc1ccc3[nH]cc([Si](C)(C)O)c3c1)c1nnc(C)n1-2. The summed E-state index contributed by atoms with van der Waals surface area (Å²) in [6.45, 7) is 6.18. The number of hydrogen-bond acceptors (Lipinski definition) is 6. The Balaban J connectivity index is 1.27. The maximum absolute atomic E-state index is 13.3. The van der Waals surface area contributed by atoms with E-state index in [1.165, 1.54) is 0 Å². The van der Waals surface area contributed by atoms with Gasteiger partial charge in [0.2, 0.25) is 14.2 Å². The van der Waals surface area contributed by atoms with Gasteiger partial charge in [-0.25, -0.2) is 0 Å². The quantitative estimate of drug-likeness (QED) is 0.218. The topological polar surface area (TPSA) is 117 Å². The van der Waals surface area contributed by atoms with Gasteiger partial charge in [0.05, 0.1) is 24.9 Å². The zero-order valence-electron chi connectivity index (χ0n) is 24.5. The molecule has 3 aromatic carbocycles. The third-order valence-electron chi connectivity index (χ3n) is 7.77. The molecule has 11 heteroatoms. The van der Waals surface area contributed by atoms with Crippen LogP contribution in [0.2, 0.25) is 18.1 Å². The van der Waals surface area contributed by atoms with Crippen molar-refractivity contribution in [1.82, 2.24) is 25.1 Å². The lowest BCUT2D eigenvalue weighted by Crippen LogP contribution is -2.40. The van der Waals surface area contributed by atoms with E-state index in [-0.39, 0.29) is 12.3 Å². The molecule has 0 saturated heterocycles. The maximum atomic E-state index is 13.3. The lowest BCUT2D eigenvalue weighted by atomic mass is 10.00. The first-order valence-corrected chi connectivity index (χ1v) is 17.5. The molecule has 0 fully saturated rings. The van der Waals surface area contributed by atoms with Crippen LogP contribution in [0, 0.1) is 6.92 Å². The van der Waals surface area contributed by atoms with Crippen molar-refractivity contribution in [1.29, 1.82) is 0 Å². The molecular formula is C32H33ClN6O3Si. The second-order valence-corrected chi connectivity index (χ2v) is 15.4. The molecule has 0 bridgehead atoms. The Hall–Kier alpha value is -4.25. The number of hydrogen-bond donors (Lipinski definition) is 3. The van der Waals surface area contributed by atoms with Gasteiger partial charge in [0.15, 0.2) is 5.82 Å². The summed E-state index contributed by atoms with van der Waals surface area (Å²) < 4.78 is 7.51. The van der Waals surface area contributed by atoms with Gasteiger partial charge in [0.1, 0.15) is 17.6 Å². The van der Waals surface area contributed by atoms with Gasteiger partial charge >= 0.3 is 0 Å². The summed E-state index contributed by atoms with van der Waals surface area (Å²) in [7, 11) is -0.847. The van der Waals surface area contributed by atoms with Gasteiger partial charge in [-0.05, 0) is 79.7 Å². The molecule has 220 valence electrons.